The van der Waals surface area contributed by atoms with E-state index in [9.17, 15) is 4.79 Å². The molecule has 1 saturated heterocycles. The Labute approximate surface area is 135 Å². The van der Waals surface area contributed by atoms with Crippen LogP contribution in [0.4, 0.5) is 5.69 Å². The fourth-order valence-corrected chi connectivity index (χ4v) is 3.19. The zero-order valence-corrected chi connectivity index (χ0v) is 14.5. The van der Waals surface area contributed by atoms with Crippen LogP contribution >= 0.6 is 15.9 Å². The second-order valence-corrected chi connectivity index (χ2v) is 6.69. The van der Waals surface area contributed by atoms with Crippen LogP contribution in [0, 0.1) is 0 Å². The highest BCUT2D eigenvalue weighted by atomic mass is 79.9. The van der Waals surface area contributed by atoms with E-state index < -0.39 is 0 Å². The fourth-order valence-electron chi connectivity index (χ4n) is 2.78. The van der Waals surface area contributed by atoms with Gasteiger partial charge >= 0.3 is 0 Å². The van der Waals surface area contributed by atoms with Gasteiger partial charge in [-0.3, -0.25) is 4.79 Å². The lowest BCUT2D eigenvalue weighted by molar-refractivity contribution is -0.121. The standard InChI is InChI=1S/C16H24BrN3O/c1-11(2)19-10-12-9-13(17)6-7-14(12)20-8-4-5-15(20)16(21)18-3/h6-7,9,11,15,19H,4-5,8,10H2,1-3H3,(H,18,21). The first-order valence-electron chi connectivity index (χ1n) is 7.53. The van der Waals surface area contributed by atoms with Crippen LogP contribution in [0.2, 0.25) is 0 Å². The van der Waals surface area contributed by atoms with Crippen LogP contribution in [0.15, 0.2) is 22.7 Å². The summed E-state index contributed by atoms with van der Waals surface area (Å²) in [6.07, 6.45) is 1.98. The summed E-state index contributed by atoms with van der Waals surface area (Å²) in [6, 6.07) is 6.69. The topological polar surface area (TPSA) is 44.4 Å². The molecule has 1 amide bonds. The molecule has 1 aromatic carbocycles. The van der Waals surface area contributed by atoms with Gasteiger partial charge in [0.2, 0.25) is 5.91 Å². The number of amides is 1. The molecule has 0 bridgehead atoms. The van der Waals surface area contributed by atoms with Gasteiger partial charge in [0.1, 0.15) is 6.04 Å². The Hall–Kier alpha value is -1.07. The predicted molar refractivity (Wildman–Crippen MR) is 90.6 cm³/mol. The van der Waals surface area contributed by atoms with E-state index >= 15 is 0 Å². The first kappa shape index (κ1) is 16.3. The molecule has 2 N–H and O–H groups in total. The average Bonchev–Trinajstić information content (AvgIpc) is 2.93. The number of hydrogen-bond donors (Lipinski definition) is 2. The highest BCUT2D eigenvalue weighted by molar-refractivity contribution is 9.10. The van der Waals surface area contributed by atoms with Crippen molar-refractivity contribution in [2.45, 2.75) is 45.3 Å². The van der Waals surface area contributed by atoms with Crippen molar-refractivity contribution in [2.75, 3.05) is 18.5 Å². The molecule has 1 aliphatic rings. The van der Waals surface area contributed by atoms with Gasteiger partial charge in [-0.1, -0.05) is 29.8 Å². The number of likely N-dealkylation sites (N-methyl/N-ethyl adjacent to an activating group) is 1. The summed E-state index contributed by atoms with van der Waals surface area (Å²) in [4.78, 5) is 14.3. The van der Waals surface area contributed by atoms with Crippen molar-refractivity contribution >= 4 is 27.5 Å². The molecule has 1 unspecified atom stereocenters. The van der Waals surface area contributed by atoms with Crippen molar-refractivity contribution in [3.8, 4) is 0 Å². The van der Waals surface area contributed by atoms with Crippen LogP contribution in [0.3, 0.4) is 0 Å². The molecule has 0 saturated carbocycles. The number of halogens is 1. The maximum absolute atomic E-state index is 12.1. The summed E-state index contributed by atoms with van der Waals surface area (Å²) in [5, 5.41) is 6.25. The smallest absolute Gasteiger partial charge is 0.242 e. The number of hydrogen-bond acceptors (Lipinski definition) is 3. The van der Waals surface area contributed by atoms with Gasteiger partial charge < -0.3 is 15.5 Å². The summed E-state index contributed by atoms with van der Waals surface area (Å²) >= 11 is 3.54. The predicted octanol–water partition coefficient (Wildman–Crippen LogP) is 2.66. The summed E-state index contributed by atoms with van der Waals surface area (Å²) < 4.78 is 1.07. The molecule has 0 aliphatic carbocycles. The Balaban J connectivity index is 2.27. The van der Waals surface area contributed by atoms with Crippen LogP contribution in [0.5, 0.6) is 0 Å². The van der Waals surface area contributed by atoms with Crippen LogP contribution in [0.25, 0.3) is 0 Å². The summed E-state index contributed by atoms with van der Waals surface area (Å²) in [6.45, 7) is 6.03. The zero-order valence-electron chi connectivity index (χ0n) is 12.9. The minimum atomic E-state index is -0.0472. The van der Waals surface area contributed by atoms with E-state index in [1.165, 1.54) is 5.56 Å². The molecular formula is C16H24BrN3O. The highest BCUT2D eigenvalue weighted by Crippen LogP contribution is 2.31. The molecule has 1 aliphatic heterocycles. The first-order chi connectivity index (χ1) is 10.0. The third-order valence-electron chi connectivity index (χ3n) is 3.85. The molecule has 1 atom stereocenters. The quantitative estimate of drug-likeness (QED) is 0.855. The Morgan fingerprint density at radius 1 is 1.48 bits per heavy atom. The number of nitrogens with zero attached hydrogens (tertiary/aromatic N) is 1. The second-order valence-electron chi connectivity index (χ2n) is 5.77. The minimum absolute atomic E-state index is 0.0472. The third-order valence-corrected chi connectivity index (χ3v) is 4.35. The minimum Gasteiger partial charge on any atom is -0.359 e. The van der Waals surface area contributed by atoms with Crippen LogP contribution in [0.1, 0.15) is 32.3 Å². The molecule has 0 aromatic heterocycles. The lowest BCUT2D eigenvalue weighted by atomic mass is 10.1. The number of nitrogens with one attached hydrogen (secondary N) is 2. The van der Waals surface area contributed by atoms with Crippen LogP contribution < -0.4 is 15.5 Å². The third kappa shape index (κ3) is 3.98. The van der Waals surface area contributed by atoms with E-state index in [1.54, 1.807) is 7.05 Å². The van der Waals surface area contributed by atoms with Crippen molar-refractivity contribution in [1.29, 1.82) is 0 Å². The molecule has 2 rings (SSSR count). The number of anilines is 1. The second kappa shape index (κ2) is 7.27. The van der Waals surface area contributed by atoms with Gasteiger partial charge in [-0.2, -0.15) is 0 Å². The van der Waals surface area contributed by atoms with Gasteiger partial charge in [-0.05, 0) is 36.6 Å². The maximum atomic E-state index is 12.1. The van der Waals surface area contributed by atoms with E-state index in [2.05, 4.69) is 57.4 Å². The molecule has 5 heteroatoms. The average molecular weight is 354 g/mol. The monoisotopic (exact) mass is 353 g/mol. The van der Waals surface area contributed by atoms with E-state index in [-0.39, 0.29) is 11.9 Å². The molecule has 1 aromatic rings. The number of benzene rings is 1. The van der Waals surface area contributed by atoms with Gasteiger partial charge in [0, 0.05) is 36.3 Å². The van der Waals surface area contributed by atoms with E-state index in [0.29, 0.717) is 6.04 Å². The zero-order chi connectivity index (χ0) is 15.4. The Morgan fingerprint density at radius 2 is 2.24 bits per heavy atom. The van der Waals surface area contributed by atoms with Crippen molar-refractivity contribution in [2.24, 2.45) is 0 Å². The van der Waals surface area contributed by atoms with Gasteiger partial charge in [-0.15, -0.1) is 0 Å². The molecule has 4 nitrogen and oxygen atoms in total. The SMILES string of the molecule is CNC(=O)C1CCCN1c1ccc(Br)cc1CNC(C)C. The van der Waals surface area contributed by atoms with Crippen molar-refractivity contribution < 1.29 is 4.79 Å². The van der Waals surface area contributed by atoms with Gasteiger partial charge in [-0.25, -0.2) is 0 Å². The van der Waals surface area contributed by atoms with Gasteiger partial charge in [0.15, 0.2) is 0 Å². The molecule has 21 heavy (non-hydrogen) atoms. The van der Waals surface area contributed by atoms with Gasteiger partial charge in [0.05, 0.1) is 0 Å². The largest absolute Gasteiger partial charge is 0.359 e. The Bertz CT molecular complexity index is 504. The fraction of sp³-hybridized carbons (Fsp3) is 0.562. The Morgan fingerprint density at radius 3 is 2.90 bits per heavy atom. The molecule has 1 heterocycles. The maximum Gasteiger partial charge on any atom is 0.242 e. The first-order valence-corrected chi connectivity index (χ1v) is 8.32. The van der Waals surface area contributed by atoms with E-state index in [0.717, 1.165) is 36.1 Å². The summed E-state index contributed by atoms with van der Waals surface area (Å²) in [5.74, 6) is 0.109. The van der Waals surface area contributed by atoms with Crippen molar-refractivity contribution in [3.05, 3.63) is 28.2 Å². The molecule has 0 spiro atoms. The normalized spacial score (nSPS) is 18.3. The molecule has 1 fully saturated rings. The van der Waals surface area contributed by atoms with Crippen LogP contribution in [-0.2, 0) is 11.3 Å². The highest BCUT2D eigenvalue weighted by Gasteiger charge is 2.31. The Kier molecular flexibility index (Phi) is 5.65. The van der Waals surface area contributed by atoms with Crippen LogP contribution in [-0.4, -0.2) is 31.6 Å². The number of carbonyl (C=O) groups is 1. The van der Waals surface area contributed by atoms with Crippen molar-refractivity contribution in [3.63, 3.8) is 0 Å². The lowest BCUT2D eigenvalue weighted by Crippen LogP contribution is -2.42. The van der Waals surface area contributed by atoms with Crippen molar-refractivity contribution in [1.82, 2.24) is 10.6 Å². The molecule has 116 valence electrons. The molecule has 0 radical (unpaired) electrons. The molecular weight excluding hydrogens is 330 g/mol. The lowest BCUT2D eigenvalue weighted by Gasteiger charge is -2.28. The number of carbonyl (C=O) groups excluding carboxylic acids is 1. The number of rotatable bonds is 5. The van der Waals surface area contributed by atoms with E-state index in [4.69, 9.17) is 0 Å². The van der Waals surface area contributed by atoms with Gasteiger partial charge in [0.25, 0.3) is 0 Å². The van der Waals surface area contributed by atoms with E-state index in [1.807, 2.05) is 6.07 Å². The summed E-state index contributed by atoms with van der Waals surface area (Å²) in [5.41, 5.74) is 2.39. The summed E-state index contributed by atoms with van der Waals surface area (Å²) in [7, 11) is 1.71.